The van der Waals surface area contributed by atoms with Crippen molar-refractivity contribution in [1.29, 1.82) is 0 Å². The lowest BCUT2D eigenvalue weighted by atomic mass is 10.00. The SMILES string of the molecule is CCC1OCCC1c1nnc(SCC(=O)O)o1. The molecule has 2 unspecified atom stereocenters. The summed E-state index contributed by atoms with van der Waals surface area (Å²) in [7, 11) is 0. The fraction of sp³-hybridized carbons (Fsp3) is 0.700. The second kappa shape index (κ2) is 5.50. The second-order valence-electron chi connectivity index (χ2n) is 3.80. The molecule has 1 aromatic rings. The Bertz CT molecular complexity index is 395. The first-order valence-corrected chi connectivity index (χ1v) is 6.49. The van der Waals surface area contributed by atoms with Gasteiger partial charge in [0.05, 0.1) is 12.0 Å². The van der Waals surface area contributed by atoms with Gasteiger partial charge >= 0.3 is 5.97 Å². The first-order valence-electron chi connectivity index (χ1n) is 5.50. The van der Waals surface area contributed by atoms with Gasteiger partial charge in [-0.1, -0.05) is 18.7 Å². The summed E-state index contributed by atoms with van der Waals surface area (Å²) in [6.45, 7) is 2.77. The molecule has 17 heavy (non-hydrogen) atoms. The van der Waals surface area contributed by atoms with Gasteiger partial charge in [0.15, 0.2) is 0 Å². The highest BCUT2D eigenvalue weighted by atomic mass is 32.2. The topological polar surface area (TPSA) is 85.5 Å². The Balaban J connectivity index is 1.99. The van der Waals surface area contributed by atoms with Crippen molar-refractivity contribution in [2.45, 2.75) is 37.0 Å². The molecule has 1 aliphatic rings. The monoisotopic (exact) mass is 258 g/mol. The number of carbonyl (C=O) groups is 1. The lowest BCUT2D eigenvalue weighted by Gasteiger charge is -2.11. The average Bonchev–Trinajstić information content (AvgIpc) is 2.94. The molecule has 7 heteroatoms. The van der Waals surface area contributed by atoms with E-state index in [0.717, 1.165) is 24.6 Å². The smallest absolute Gasteiger partial charge is 0.314 e. The summed E-state index contributed by atoms with van der Waals surface area (Å²) in [6.07, 6.45) is 1.92. The number of aromatic nitrogens is 2. The molecule has 0 bridgehead atoms. The predicted molar refractivity (Wildman–Crippen MR) is 60.0 cm³/mol. The molecule has 0 radical (unpaired) electrons. The summed E-state index contributed by atoms with van der Waals surface area (Å²) in [6, 6.07) is 0. The maximum Gasteiger partial charge on any atom is 0.314 e. The predicted octanol–water partition coefficient (Wildman–Crippen LogP) is 1.53. The van der Waals surface area contributed by atoms with Crippen LogP contribution < -0.4 is 0 Å². The number of hydrogen-bond donors (Lipinski definition) is 1. The van der Waals surface area contributed by atoms with Crippen LogP contribution in [0.25, 0.3) is 0 Å². The lowest BCUT2D eigenvalue weighted by Crippen LogP contribution is -2.13. The van der Waals surface area contributed by atoms with Crippen molar-refractivity contribution in [2.75, 3.05) is 12.4 Å². The number of rotatable bonds is 5. The zero-order chi connectivity index (χ0) is 12.3. The maximum absolute atomic E-state index is 10.4. The number of aliphatic carboxylic acids is 1. The molecule has 0 amide bonds. The normalized spacial score (nSPS) is 24.1. The first-order chi connectivity index (χ1) is 8.20. The third-order valence-electron chi connectivity index (χ3n) is 2.67. The quantitative estimate of drug-likeness (QED) is 0.801. The van der Waals surface area contributed by atoms with Gasteiger partial charge in [0.2, 0.25) is 5.89 Å². The van der Waals surface area contributed by atoms with E-state index in [0.29, 0.717) is 17.7 Å². The molecular formula is C10H14N2O4S. The van der Waals surface area contributed by atoms with Crippen molar-refractivity contribution >= 4 is 17.7 Å². The van der Waals surface area contributed by atoms with Crippen molar-refractivity contribution in [3.8, 4) is 0 Å². The number of hydrogen-bond acceptors (Lipinski definition) is 6. The zero-order valence-corrected chi connectivity index (χ0v) is 10.3. The molecule has 1 N–H and O–H groups in total. The summed E-state index contributed by atoms with van der Waals surface area (Å²) in [5.41, 5.74) is 0. The molecule has 1 saturated heterocycles. The minimum Gasteiger partial charge on any atom is -0.481 e. The average molecular weight is 258 g/mol. The number of ether oxygens (including phenoxy) is 1. The standard InChI is InChI=1S/C10H14N2O4S/c1-2-7-6(3-4-15-7)9-11-12-10(16-9)17-5-8(13)14/h6-7H,2-5H2,1H3,(H,13,14). The van der Waals surface area contributed by atoms with Gasteiger partial charge in [-0.05, 0) is 12.8 Å². The molecule has 1 aliphatic heterocycles. The van der Waals surface area contributed by atoms with Gasteiger partial charge in [0.1, 0.15) is 5.75 Å². The van der Waals surface area contributed by atoms with E-state index in [1.54, 1.807) is 0 Å². The van der Waals surface area contributed by atoms with Crippen LogP contribution in [0.3, 0.4) is 0 Å². The molecule has 2 heterocycles. The molecule has 0 aromatic carbocycles. The molecule has 0 saturated carbocycles. The van der Waals surface area contributed by atoms with Crippen molar-refractivity contribution in [3.05, 3.63) is 5.89 Å². The molecule has 1 fully saturated rings. The Kier molecular flexibility index (Phi) is 4.01. The van der Waals surface area contributed by atoms with E-state index in [2.05, 4.69) is 17.1 Å². The van der Waals surface area contributed by atoms with E-state index >= 15 is 0 Å². The van der Waals surface area contributed by atoms with Crippen molar-refractivity contribution < 1.29 is 19.1 Å². The lowest BCUT2D eigenvalue weighted by molar-refractivity contribution is -0.133. The molecule has 0 spiro atoms. The third kappa shape index (κ3) is 2.98. The molecule has 2 atom stereocenters. The molecule has 1 aromatic heterocycles. The van der Waals surface area contributed by atoms with Gasteiger partial charge in [-0.25, -0.2) is 0 Å². The van der Waals surface area contributed by atoms with Crippen LogP contribution in [0.4, 0.5) is 0 Å². The number of thioether (sulfide) groups is 1. The van der Waals surface area contributed by atoms with Crippen LogP contribution in [-0.4, -0.2) is 39.7 Å². The maximum atomic E-state index is 10.4. The van der Waals surface area contributed by atoms with Crippen LogP contribution in [0.15, 0.2) is 9.64 Å². The van der Waals surface area contributed by atoms with Gasteiger partial charge in [0.25, 0.3) is 5.22 Å². The van der Waals surface area contributed by atoms with Crippen molar-refractivity contribution in [2.24, 2.45) is 0 Å². The van der Waals surface area contributed by atoms with Gasteiger partial charge in [-0.3, -0.25) is 4.79 Å². The van der Waals surface area contributed by atoms with Crippen LogP contribution in [0, 0.1) is 0 Å². The number of carboxylic acid groups (broad SMARTS) is 1. The summed E-state index contributed by atoms with van der Waals surface area (Å²) in [4.78, 5) is 10.4. The van der Waals surface area contributed by atoms with Crippen LogP contribution in [0.1, 0.15) is 31.6 Å². The summed E-state index contributed by atoms with van der Waals surface area (Å²) < 4.78 is 11.0. The van der Waals surface area contributed by atoms with Crippen LogP contribution in [-0.2, 0) is 9.53 Å². The molecule has 6 nitrogen and oxygen atoms in total. The van der Waals surface area contributed by atoms with E-state index in [1.807, 2.05) is 0 Å². The summed E-state index contributed by atoms with van der Waals surface area (Å²) in [5, 5.41) is 16.6. The van der Waals surface area contributed by atoms with Crippen molar-refractivity contribution in [1.82, 2.24) is 10.2 Å². The van der Waals surface area contributed by atoms with Crippen molar-refractivity contribution in [3.63, 3.8) is 0 Å². The van der Waals surface area contributed by atoms with E-state index in [4.69, 9.17) is 14.3 Å². The molecular weight excluding hydrogens is 244 g/mol. The minimum absolute atomic E-state index is 0.0694. The summed E-state index contributed by atoms with van der Waals surface area (Å²) in [5.74, 6) is -0.265. The van der Waals surface area contributed by atoms with E-state index in [1.165, 1.54) is 0 Å². The zero-order valence-electron chi connectivity index (χ0n) is 9.46. The molecule has 0 aliphatic carbocycles. The van der Waals surface area contributed by atoms with Crippen LogP contribution in [0.2, 0.25) is 0 Å². The second-order valence-corrected chi connectivity index (χ2v) is 4.73. The highest BCUT2D eigenvalue weighted by molar-refractivity contribution is 7.99. The van der Waals surface area contributed by atoms with E-state index in [-0.39, 0.29) is 17.8 Å². The van der Waals surface area contributed by atoms with Crippen LogP contribution in [0.5, 0.6) is 0 Å². The Morgan fingerprint density at radius 3 is 3.12 bits per heavy atom. The fourth-order valence-electron chi connectivity index (χ4n) is 1.89. The third-order valence-corrected chi connectivity index (χ3v) is 3.47. The largest absolute Gasteiger partial charge is 0.481 e. The Labute approximate surface area is 103 Å². The number of carboxylic acids is 1. The Morgan fingerprint density at radius 2 is 2.41 bits per heavy atom. The van der Waals surface area contributed by atoms with E-state index in [9.17, 15) is 4.79 Å². The number of nitrogens with zero attached hydrogens (tertiary/aromatic N) is 2. The molecule has 2 rings (SSSR count). The fourth-order valence-corrected chi connectivity index (χ4v) is 2.38. The van der Waals surface area contributed by atoms with Gasteiger partial charge < -0.3 is 14.3 Å². The Hall–Kier alpha value is -1.08. The first kappa shape index (κ1) is 12.4. The summed E-state index contributed by atoms with van der Waals surface area (Å²) >= 11 is 1.04. The van der Waals surface area contributed by atoms with Crippen LogP contribution >= 0.6 is 11.8 Å². The van der Waals surface area contributed by atoms with Gasteiger partial charge in [-0.2, -0.15) is 0 Å². The Morgan fingerprint density at radius 1 is 1.59 bits per heavy atom. The molecule has 94 valence electrons. The van der Waals surface area contributed by atoms with Gasteiger partial charge in [-0.15, -0.1) is 10.2 Å². The van der Waals surface area contributed by atoms with E-state index < -0.39 is 5.97 Å². The highest BCUT2D eigenvalue weighted by Gasteiger charge is 2.32. The van der Waals surface area contributed by atoms with Gasteiger partial charge in [0, 0.05) is 6.61 Å². The highest BCUT2D eigenvalue weighted by Crippen LogP contribution is 2.33. The minimum atomic E-state index is -0.898.